The van der Waals surface area contributed by atoms with Crippen LogP contribution in [0.5, 0.6) is 0 Å². The molecule has 3 N–H and O–H groups in total. The summed E-state index contributed by atoms with van der Waals surface area (Å²) in [4.78, 5) is 23.8. The molecule has 22 heavy (non-hydrogen) atoms. The van der Waals surface area contributed by atoms with Crippen LogP contribution in [0.2, 0.25) is 0 Å². The molecule has 0 amide bonds. The minimum absolute atomic E-state index is 0.244. The smallest absolute Gasteiger partial charge is 0.340 e. The van der Waals surface area contributed by atoms with Crippen LogP contribution in [0.25, 0.3) is 11.0 Å². The van der Waals surface area contributed by atoms with Crippen LogP contribution in [-0.2, 0) is 6.54 Å². The van der Waals surface area contributed by atoms with Crippen molar-refractivity contribution in [1.29, 1.82) is 0 Å². The van der Waals surface area contributed by atoms with Crippen LogP contribution in [0.15, 0.2) is 29.3 Å². The Labute approximate surface area is 126 Å². The van der Waals surface area contributed by atoms with Gasteiger partial charge in [0, 0.05) is 24.3 Å². The maximum Gasteiger partial charge on any atom is 0.340 e. The van der Waals surface area contributed by atoms with E-state index in [1.54, 1.807) is 0 Å². The Kier molecular flexibility index (Phi) is 3.27. The molecule has 7 nitrogen and oxygen atoms in total. The van der Waals surface area contributed by atoms with Crippen molar-refractivity contribution in [3.8, 4) is 0 Å². The number of pyridine rings is 1. The number of hydrogen-bond donors (Lipinski definition) is 3. The number of rotatable bonds is 3. The molecule has 4 heterocycles. The Morgan fingerprint density at radius 3 is 3.23 bits per heavy atom. The second-order valence-corrected chi connectivity index (χ2v) is 5.84. The van der Waals surface area contributed by atoms with E-state index < -0.39 is 0 Å². The zero-order valence-corrected chi connectivity index (χ0v) is 12.2. The van der Waals surface area contributed by atoms with Gasteiger partial charge in [-0.1, -0.05) is 0 Å². The van der Waals surface area contributed by atoms with Crippen LogP contribution in [0.4, 0.5) is 0 Å². The summed E-state index contributed by atoms with van der Waals surface area (Å²) >= 11 is 0. The molecule has 1 fully saturated rings. The summed E-state index contributed by atoms with van der Waals surface area (Å²) in [5, 5.41) is 7.63. The first-order valence-electron chi connectivity index (χ1n) is 7.57. The lowest BCUT2D eigenvalue weighted by atomic mass is 9.91. The zero-order chi connectivity index (χ0) is 14.9. The van der Waals surface area contributed by atoms with Gasteiger partial charge in [-0.15, -0.1) is 0 Å². The molecule has 1 unspecified atom stereocenters. The second kappa shape index (κ2) is 5.42. The molecule has 1 aliphatic rings. The second-order valence-electron chi connectivity index (χ2n) is 5.84. The van der Waals surface area contributed by atoms with Gasteiger partial charge in [0.15, 0.2) is 0 Å². The number of H-pyrrole nitrogens is 3. The van der Waals surface area contributed by atoms with Gasteiger partial charge < -0.3 is 4.98 Å². The maximum absolute atomic E-state index is 11.1. The molecule has 3 aromatic rings. The maximum atomic E-state index is 11.1. The highest BCUT2D eigenvalue weighted by molar-refractivity contribution is 5.80. The van der Waals surface area contributed by atoms with Gasteiger partial charge in [-0.05, 0) is 43.0 Å². The molecule has 114 valence electrons. The van der Waals surface area contributed by atoms with Crippen molar-refractivity contribution in [2.45, 2.75) is 25.3 Å². The van der Waals surface area contributed by atoms with Crippen LogP contribution in [0.3, 0.4) is 0 Å². The number of aromatic amines is 3. The van der Waals surface area contributed by atoms with E-state index in [4.69, 9.17) is 0 Å². The highest BCUT2D eigenvalue weighted by Gasteiger charge is 2.24. The third-order valence-corrected chi connectivity index (χ3v) is 4.35. The van der Waals surface area contributed by atoms with E-state index in [0.717, 1.165) is 25.2 Å². The quantitative estimate of drug-likeness (QED) is 0.680. The van der Waals surface area contributed by atoms with E-state index in [1.807, 2.05) is 12.3 Å². The lowest BCUT2D eigenvalue weighted by Gasteiger charge is -2.31. The van der Waals surface area contributed by atoms with E-state index in [0.29, 0.717) is 18.3 Å². The van der Waals surface area contributed by atoms with Crippen LogP contribution >= 0.6 is 0 Å². The van der Waals surface area contributed by atoms with Crippen LogP contribution < -0.4 is 5.69 Å². The van der Waals surface area contributed by atoms with E-state index in [9.17, 15) is 4.79 Å². The Morgan fingerprint density at radius 2 is 2.36 bits per heavy atom. The van der Waals surface area contributed by atoms with Crippen molar-refractivity contribution < 1.29 is 0 Å². The topological polar surface area (TPSA) is 93.5 Å². The average molecular weight is 298 g/mol. The molecular weight excluding hydrogens is 280 g/mol. The number of fused-ring (bicyclic) bond motifs is 1. The Hall–Kier alpha value is -2.41. The van der Waals surface area contributed by atoms with Gasteiger partial charge >= 0.3 is 5.69 Å². The largest absolute Gasteiger partial charge is 0.346 e. The van der Waals surface area contributed by atoms with Gasteiger partial charge in [-0.3, -0.25) is 9.88 Å². The van der Waals surface area contributed by atoms with Crippen LogP contribution in [0, 0.1) is 0 Å². The van der Waals surface area contributed by atoms with Crippen molar-refractivity contribution in [3.05, 3.63) is 46.4 Å². The Morgan fingerprint density at radius 1 is 1.41 bits per heavy atom. The number of aromatic nitrogens is 5. The molecule has 0 bridgehead atoms. The summed E-state index contributed by atoms with van der Waals surface area (Å²) < 4.78 is 0. The molecular formula is C15H18N6O. The summed E-state index contributed by atoms with van der Waals surface area (Å²) in [7, 11) is 0. The predicted molar refractivity (Wildman–Crippen MR) is 82.6 cm³/mol. The fourth-order valence-electron chi connectivity index (χ4n) is 3.36. The molecule has 1 atom stereocenters. The normalized spacial score (nSPS) is 19.7. The zero-order valence-electron chi connectivity index (χ0n) is 12.2. The first-order chi connectivity index (χ1) is 10.8. The van der Waals surface area contributed by atoms with Crippen molar-refractivity contribution in [1.82, 2.24) is 30.0 Å². The minimum atomic E-state index is -0.244. The number of piperidine rings is 1. The highest BCUT2D eigenvalue weighted by atomic mass is 16.1. The van der Waals surface area contributed by atoms with Gasteiger partial charge in [-0.25, -0.2) is 14.9 Å². The SMILES string of the molecule is O=c1[nH]nc(CN2CCCC(c3c[nH]c4ncccc34)C2)[nH]1. The van der Waals surface area contributed by atoms with Gasteiger partial charge in [0.25, 0.3) is 0 Å². The summed E-state index contributed by atoms with van der Waals surface area (Å²) in [5.74, 6) is 1.18. The lowest BCUT2D eigenvalue weighted by molar-refractivity contribution is 0.196. The van der Waals surface area contributed by atoms with Gasteiger partial charge in [0.2, 0.25) is 0 Å². The van der Waals surface area contributed by atoms with Gasteiger partial charge in [0.05, 0.1) is 6.54 Å². The van der Waals surface area contributed by atoms with Crippen LogP contribution in [0.1, 0.15) is 30.1 Å². The van der Waals surface area contributed by atoms with Crippen LogP contribution in [-0.4, -0.2) is 43.1 Å². The standard InChI is InChI=1S/C15H18N6O/c22-15-18-13(19-20-15)9-21-6-2-3-10(8-21)12-7-17-14-11(12)4-1-5-16-14/h1,4-5,7,10H,2-3,6,8-9H2,(H,16,17)(H2,18,19,20,22). The van der Waals surface area contributed by atoms with E-state index in [2.05, 4.69) is 42.3 Å². The van der Waals surface area contributed by atoms with Gasteiger partial charge in [0.1, 0.15) is 11.5 Å². The lowest BCUT2D eigenvalue weighted by Crippen LogP contribution is -2.34. The molecule has 0 aromatic carbocycles. The van der Waals surface area contributed by atoms with Gasteiger partial charge in [-0.2, -0.15) is 5.10 Å². The minimum Gasteiger partial charge on any atom is -0.346 e. The Bertz CT molecular complexity index is 832. The van der Waals surface area contributed by atoms with Crippen molar-refractivity contribution >= 4 is 11.0 Å². The number of nitrogens with zero attached hydrogens (tertiary/aromatic N) is 3. The molecule has 0 spiro atoms. The molecule has 0 aliphatic carbocycles. The number of likely N-dealkylation sites (tertiary alicyclic amines) is 1. The molecule has 0 saturated carbocycles. The average Bonchev–Trinajstić information content (AvgIpc) is 3.14. The summed E-state index contributed by atoms with van der Waals surface area (Å²) in [5.41, 5.74) is 2.04. The predicted octanol–water partition coefficient (Wildman–Crippen LogP) is 1.35. The summed E-state index contributed by atoms with van der Waals surface area (Å²) in [6.07, 6.45) is 6.22. The van der Waals surface area contributed by atoms with E-state index in [1.165, 1.54) is 17.4 Å². The van der Waals surface area contributed by atoms with E-state index >= 15 is 0 Å². The molecule has 1 saturated heterocycles. The van der Waals surface area contributed by atoms with Crippen molar-refractivity contribution in [2.24, 2.45) is 0 Å². The number of nitrogens with one attached hydrogen (secondary N) is 3. The highest BCUT2D eigenvalue weighted by Crippen LogP contribution is 2.31. The molecule has 0 radical (unpaired) electrons. The fraction of sp³-hybridized carbons (Fsp3) is 0.400. The molecule has 7 heteroatoms. The third-order valence-electron chi connectivity index (χ3n) is 4.35. The van der Waals surface area contributed by atoms with Crippen molar-refractivity contribution in [2.75, 3.05) is 13.1 Å². The third kappa shape index (κ3) is 2.43. The monoisotopic (exact) mass is 298 g/mol. The summed E-state index contributed by atoms with van der Waals surface area (Å²) in [6.45, 7) is 2.68. The first-order valence-corrected chi connectivity index (χ1v) is 7.57. The number of hydrogen-bond acceptors (Lipinski definition) is 4. The molecule has 4 rings (SSSR count). The molecule has 1 aliphatic heterocycles. The fourth-order valence-corrected chi connectivity index (χ4v) is 3.36. The van der Waals surface area contributed by atoms with Crippen molar-refractivity contribution in [3.63, 3.8) is 0 Å². The Balaban J connectivity index is 1.54. The first kappa shape index (κ1) is 13.3. The molecule has 3 aromatic heterocycles. The summed E-state index contributed by atoms with van der Waals surface area (Å²) in [6, 6.07) is 4.10. The van der Waals surface area contributed by atoms with E-state index in [-0.39, 0.29) is 5.69 Å².